The molecule has 0 radical (unpaired) electrons. The van der Waals surface area contributed by atoms with Gasteiger partial charge in [-0.1, -0.05) is 18.2 Å². The van der Waals surface area contributed by atoms with E-state index in [1.807, 2.05) is 25.1 Å². The Morgan fingerprint density at radius 3 is 2.57 bits per heavy atom. The third-order valence-electron chi connectivity index (χ3n) is 4.24. The Bertz CT molecular complexity index is 1070. The van der Waals surface area contributed by atoms with Crippen molar-refractivity contribution in [1.82, 2.24) is 5.16 Å². The quantitative estimate of drug-likeness (QED) is 0.584. The highest BCUT2D eigenvalue weighted by atomic mass is 19.4. The van der Waals surface area contributed by atoms with Crippen LogP contribution in [0.4, 0.5) is 13.2 Å². The van der Waals surface area contributed by atoms with E-state index in [1.54, 1.807) is 18.3 Å². The highest BCUT2D eigenvalue weighted by Gasteiger charge is 2.31. The molecule has 0 aliphatic carbocycles. The monoisotopic (exact) mass is 388 g/mol. The van der Waals surface area contributed by atoms with Gasteiger partial charge < -0.3 is 14.0 Å². The molecule has 1 aliphatic rings. The number of rotatable bonds is 5. The fourth-order valence-electron chi connectivity index (χ4n) is 2.96. The van der Waals surface area contributed by atoms with Crippen LogP contribution < -0.4 is 9.47 Å². The van der Waals surface area contributed by atoms with Gasteiger partial charge in [-0.2, -0.15) is 0 Å². The number of benzene rings is 2. The van der Waals surface area contributed by atoms with Crippen molar-refractivity contribution in [1.29, 1.82) is 0 Å². The minimum Gasteiger partial charge on any atom is -0.469 e. The van der Waals surface area contributed by atoms with Gasteiger partial charge in [-0.25, -0.2) is 0 Å². The predicted octanol–water partition coefficient (Wildman–Crippen LogP) is 5.44. The van der Waals surface area contributed by atoms with Gasteiger partial charge in [0.1, 0.15) is 12.4 Å². The van der Waals surface area contributed by atoms with Gasteiger partial charge in [0.25, 0.3) is 5.88 Å². The topological polar surface area (TPSA) is 56.9 Å². The minimum atomic E-state index is -4.72. The molecule has 0 amide bonds. The fourth-order valence-corrected chi connectivity index (χ4v) is 2.96. The van der Waals surface area contributed by atoms with E-state index in [-0.39, 0.29) is 5.75 Å². The normalized spacial score (nSPS) is 13.8. The molecule has 2 aromatic carbocycles. The van der Waals surface area contributed by atoms with Crippen molar-refractivity contribution in [2.75, 3.05) is 6.61 Å². The van der Waals surface area contributed by atoms with E-state index < -0.39 is 6.36 Å². The van der Waals surface area contributed by atoms with Crippen LogP contribution in [0, 0.1) is 6.92 Å². The molecule has 144 valence electrons. The lowest BCUT2D eigenvalue weighted by Gasteiger charge is -2.10. The number of nitrogens with zero attached hydrogens (tertiary/aromatic N) is 2. The Morgan fingerprint density at radius 2 is 1.89 bits per heavy atom. The van der Waals surface area contributed by atoms with E-state index in [0.717, 1.165) is 28.8 Å². The molecule has 0 fully saturated rings. The Balaban J connectivity index is 1.61. The molecule has 2 heterocycles. The van der Waals surface area contributed by atoms with Gasteiger partial charge in [0.15, 0.2) is 5.58 Å². The van der Waals surface area contributed by atoms with E-state index >= 15 is 0 Å². The van der Waals surface area contributed by atoms with Crippen molar-refractivity contribution < 1.29 is 27.2 Å². The fraction of sp³-hybridized carbons (Fsp3) is 0.200. The first-order valence-electron chi connectivity index (χ1n) is 8.48. The van der Waals surface area contributed by atoms with E-state index in [9.17, 15) is 13.2 Å². The summed E-state index contributed by atoms with van der Waals surface area (Å²) in [5, 5.41) is 4.68. The molecule has 3 aromatic rings. The molecule has 5 nitrogen and oxygen atoms in total. The van der Waals surface area contributed by atoms with Gasteiger partial charge in [0, 0.05) is 12.6 Å². The zero-order chi connectivity index (χ0) is 19.7. The first-order valence-corrected chi connectivity index (χ1v) is 8.48. The molecule has 0 bridgehead atoms. The van der Waals surface area contributed by atoms with Crippen LogP contribution in [-0.4, -0.2) is 23.8 Å². The number of halogens is 3. The second-order valence-electron chi connectivity index (χ2n) is 6.30. The van der Waals surface area contributed by atoms with Crippen LogP contribution in [0.1, 0.15) is 12.0 Å². The Kier molecular flexibility index (Phi) is 4.54. The van der Waals surface area contributed by atoms with E-state index in [1.165, 1.54) is 12.1 Å². The zero-order valence-corrected chi connectivity index (χ0v) is 14.8. The van der Waals surface area contributed by atoms with Crippen LogP contribution in [-0.2, 0) is 0 Å². The van der Waals surface area contributed by atoms with Crippen LogP contribution in [0.15, 0.2) is 58.2 Å². The lowest BCUT2D eigenvalue weighted by atomic mass is 10.0. The summed E-state index contributed by atoms with van der Waals surface area (Å²) in [5.74, 6) is 0.0839. The molecule has 28 heavy (non-hydrogen) atoms. The van der Waals surface area contributed by atoms with E-state index in [0.29, 0.717) is 23.5 Å². The molecule has 1 aliphatic heterocycles. The number of allylic oxidation sites excluding steroid dienone is 1. The number of aryl methyl sites for hydroxylation is 1. The first-order chi connectivity index (χ1) is 13.4. The predicted molar refractivity (Wildman–Crippen MR) is 97.6 cm³/mol. The summed E-state index contributed by atoms with van der Waals surface area (Å²) in [6.45, 7) is 2.17. The molecule has 4 rings (SSSR count). The highest BCUT2D eigenvalue weighted by molar-refractivity contribution is 5.91. The van der Waals surface area contributed by atoms with Gasteiger partial charge in [-0.15, -0.1) is 13.2 Å². The van der Waals surface area contributed by atoms with Gasteiger partial charge in [-0.05, 0) is 53.0 Å². The third kappa shape index (κ3) is 3.85. The Labute approximate surface area is 158 Å². The van der Waals surface area contributed by atoms with Crippen molar-refractivity contribution in [2.24, 2.45) is 4.99 Å². The molecule has 0 spiro atoms. The number of aromatic nitrogens is 1. The van der Waals surface area contributed by atoms with Crippen LogP contribution in [0.5, 0.6) is 11.6 Å². The molecule has 0 atom stereocenters. The van der Waals surface area contributed by atoms with Crippen LogP contribution in [0.2, 0.25) is 0 Å². The summed E-state index contributed by atoms with van der Waals surface area (Å²) < 4.78 is 52.0. The number of hydrogen-bond acceptors (Lipinski definition) is 5. The van der Waals surface area contributed by atoms with Crippen LogP contribution in [0.25, 0.3) is 22.1 Å². The van der Waals surface area contributed by atoms with Crippen molar-refractivity contribution in [3.05, 3.63) is 54.2 Å². The zero-order valence-electron chi connectivity index (χ0n) is 14.8. The summed E-state index contributed by atoms with van der Waals surface area (Å²) >= 11 is 0. The Morgan fingerprint density at radius 1 is 1.11 bits per heavy atom. The lowest BCUT2D eigenvalue weighted by molar-refractivity contribution is -0.274. The van der Waals surface area contributed by atoms with Crippen molar-refractivity contribution >= 4 is 16.7 Å². The summed E-state index contributed by atoms with van der Waals surface area (Å²) in [7, 11) is 0. The lowest BCUT2D eigenvalue weighted by Crippen LogP contribution is -2.16. The molecule has 0 unspecified atom stereocenters. The molecular formula is C20H15F3N2O3. The van der Waals surface area contributed by atoms with Crippen molar-refractivity contribution in [3.8, 4) is 22.8 Å². The summed E-state index contributed by atoms with van der Waals surface area (Å²) in [6, 6.07) is 9.39. The third-order valence-corrected chi connectivity index (χ3v) is 4.24. The van der Waals surface area contributed by atoms with Crippen molar-refractivity contribution in [2.45, 2.75) is 19.7 Å². The molecule has 1 aromatic heterocycles. The minimum absolute atomic E-state index is 0.269. The van der Waals surface area contributed by atoms with Gasteiger partial charge in [-0.3, -0.25) is 4.99 Å². The van der Waals surface area contributed by atoms with Crippen molar-refractivity contribution in [3.63, 3.8) is 0 Å². The molecule has 8 heteroatoms. The van der Waals surface area contributed by atoms with E-state index in [4.69, 9.17) is 9.26 Å². The summed E-state index contributed by atoms with van der Waals surface area (Å²) in [6.07, 6.45) is -0.306. The number of hydrogen-bond donors (Lipinski definition) is 0. The van der Waals surface area contributed by atoms with E-state index in [2.05, 4.69) is 14.9 Å². The number of fused-ring (bicyclic) bond motifs is 1. The molecule has 0 saturated heterocycles. The smallest absolute Gasteiger partial charge is 0.469 e. The molecule has 0 saturated carbocycles. The van der Waals surface area contributed by atoms with Gasteiger partial charge in [0.05, 0.1) is 11.1 Å². The standard InChI is InChI=1S/C20H15F3N2O3/c1-12-9-14(13-4-6-16(7-5-13)27-20(21,22)23)10-17-18(12)28-25-19(17)26-11-15-3-2-8-24-15/h2,4-10H,3,11H2,1H3. The van der Waals surface area contributed by atoms with Crippen LogP contribution >= 0.6 is 0 Å². The van der Waals surface area contributed by atoms with Gasteiger partial charge in [0.2, 0.25) is 0 Å². The first kappa shape index (κ1) is 18.1. The number of alkyl halides is 3. The Hall–Kier alpha value is -3.29. The second kappa shape index (κ2) is 7.03. The average Bonchev–Trinajstić information content (AvgIpc) is 3.29. The molecule has 0 N–H and O–H groups in total. The largest absolute Gasteiger partial charge is 0.573 e. The summed E-state index contributed by atoms with van der Waals surface area (Å²) in [5.41, 5.74) is 3.87. The van der Waals surface area contributed by atoms with Gasteiger partial charge >= 0.3 is 6.36 Å². The van der Waals surface area contributed by atoms with Crippen LogP contribution in [0.3, 0.4) is 0 Å². The summed E-state index contributed by atoms with van der Waals surface area (Å²) in [4.78, 5) is 4.19. The second-order valence-corrected chi connectivity index (χ2v) is 6.30. The number of aliphatic imine (C=N–C) groups is 1. The SMILES string of the molecule is Cc1cc(-c2ccc(OC(F)(F)F)cc2)cc2c(OCC3=NC=CC3)noc12. The molecular weight excluding hydrogens is 373 g/mol. The maximum atomic E-state index is 12.3. The maximum absolute atomic E-state index is 12.3. The maximum Gasteiger partial charge on any atom is 0.573 e. The number of ether oxygens (including phenoxy) is 2. The average molecular weight is 388 g/mol. The highest BCUT2D eigenvalue weighted by Crippen LogP contribution is 2.34.